The van der Waals surface area contributed by atoms with Gasteiger partial charge in [-0.25, -0.2) is 0 Å². The fourth-order valence-corrected chi connectivity index (χ4v) is 0.412. The highest BCUT2D eigenvalue weighted by Gasteiger charge is 2.17. The van der Waals surface area contributed by atoms with E-state index in [4.69, 9.17) is 7.05 Å². The molecule has 1 aliphatic rings. The second kappa shape index (κ2) is 1.43. The molecular weight excluding hydrogens is 106 g/mol. The van der Waals surface area contributed by atoms with E-state index in [0.717, 1.165) is 12.2 Å². The van der Waals surface area contributed by atoms with Gasteiger partial charge in [0.15, 0.2) is 0 Å². The zero-order valence-corrected chi connectivity index (χ0v) is 4.00. The van der Waals surface area contributed by atoms with Crippen LogP contribution in [0, 0.1) is 7.05 Å². The van der Waals surface area contributed by atoms with Crippen LogP contribution in [0.15, 0.2) is 12.2 Å². The summed E-state index contributed by atoms with van der Waals surface area (Å²) in [5, 5.41) is 0. The van der Waals surface area contributed by atoms with Crippen molar-refractivity contribution in [3.05, 3.63) is 19.2 Å². The van der Waals surface area contributed by atoms with Crippen LogP contribution in [0.4, 0.5) is 0 Å². The van der Waals surface area contributed by atoms with Crippen LogP contribution in [0.5, 0.6) is 0 Å². The van der Waals surface area contributed by atoms with Crippen LogP contribution < -0.4 is 0 Å². The summed E-state index contributed by atoms with van der Waals surface area (Å²) >= 11 is 0. The molecule has 1 heterocycles. The molecule has 0 aromatic heterocycles. The second-order valence-electron chi connectivity index (χ2n) is 1.38. The molecule has 0 bridgehead atoms. The van der Waals surface area contributed by atoms with Crippen molar-refractivity contribution >= 4 is 11.8 Å². The predicted molar refractivity (Wildman–Crippen MR) is 25.3 cm³/mol. The molecule has 0 fully saturated rings. The van der Waals surface area contributed by atoms with Crippen molar-refractivity contribution in [2.24, 2.45) is 0 Å². The van der Waals surface area contributed by atoms with Crippen molar-refractivity contribution in [1.82, 2.24) is 4.90 Å². The summed E-state index contributed by atoms with van der Waals surface area (Å²) in [6, 6.07) is 0. The number of hydrogen-bond donors (Lipinski definition) is 0. The smallest absolute Gasteiger partial charge is 0.254 e. The molecule has 2 amide bonds. The molecule has 3 nitrogen and oxygen atoms in total. The van der Waals surface area contributed by atoms with Gasteiger partial charge in [0.05, 0.1) is 7.05 Å². The van der Waals surface area contributed by atoms with Crippen LogP contribution in [0.2, 0.25) is 0 Å². The number of carbonyl (C=O) groups excluding carboxylic acids is 2. The molecule has 3 heteroatoms. The Morgan fingerprint density at radius 3 is 1.75 bits per heavy atom. The van der Waals surface area contributed by atoms with E-state index in [0.29, 0.717) is 4.90 Å². The molecule has 0 saturated heterocycles. The molecule has 0 spiro atoms. The molecule has 1 rings (SSSR count). The maximum atomic E-state index is 10.3. The first-order valence-electron chi connectivity index (χ1n) is 2.02. The summed E-state index contributed by atoms with van der Waals surface area (Å²) in [5.74, 6) is -0.926. The highest BCUT2D eigenvalue weighted by Crippen LogP contribution is 1.98. The Kier molecular flexibility index (Phi) is 0.901. The highest BCUT2D eigenvalue weighted by molar-refractivity contribution is 6.13. The molecule has 8 heavy (non-hydrogen) atoms. The van der Waals surface area contributed by atoms with Gasteiger partial charge in [-0.05, 0) is 0 Å². The summed E-state index contributed by atoms with van der Waals surface area (Å²) in [5.41, 5.74) is 0. The van der Waals surface area contributed by atoms with Crippen molar-refractivity contribution < 1.29 is 9.59 Å². The van der Waals surface area contributed by atoms with E-state index in [9.17, 15) is 9.59 Å². The van der Waals surface area contributed by atoms with Crippen LogP contribution in [0.3, 0.4) is 0 Å². The van der Waals surface area contributed by atoms with Crippen LogP contribution in [0.25, 0.3) is 0 Å². The Hall–Kier alpha value is -1.12. The van der Waals surface area contributed by atoms with E-state index in [-0.39, 0.29) is 0 Å². The van der Waals surface area contributed by atoms with Crippen molar-refractivity contribution in [3.8, 4) is 0 Å². The van der Waals surface area contributed by atoms with Crippen LogP contribution in [0.1, 0.15) is 0 Å². The predicted octanol–water partition coefficient (Wildman–Crippen LogP) is -0.420. The Bertz CT molecular complexity index is 153. The summed E-state index contributed by atoms with van der Waals surface area (Å²) in [6.45, 7) is 0. The second-order valence-corrected chi connectivity index (χ2v) is 1.38. The van der Waals surface area contributed by atoms with Gasteiger partial charge in [0, 0.05) is 12.2 Å². The normalized spacial score (nSPS) is 18.4. The molecule has 0 N–H and O–H groups in total. The topological polar surface area (TPSA) is 37.4 Å². The number of hydrogen-bond acceptors (Lipinski definition) is 2. The van der Waals surface area contributed by atoms with Gasteiger partial charge in [-0.3, -0.25) is 14.5 Å². The molecule has 0 saturated carbocycles. The van der Waals surface area contributed by atoms with E-state index in [1.165, 1.54) is 0 Å². The molecule has 0 aliphatic carbocycles. The third kappa shape index (κ3) is 0.521. The van der Waals surface area contributed by atoms with Crippen molar-refractivity contribution in [2.75, 3.05) is 0 Å². The van der Waals surface area contributed by atoms with Crippen LogP contribution in [-0.4, -0.2) is 16.7 Å². The zero-order valence-electron chi connectivity index (χ0n) is 4.00. The van der Waals surface area contributed by atoms with Gasteiger partial charge < -0.3 is 0 Å². The minimum Gasteiger partial charge on any atom is -0.269 e. The minimum atomic E-state index is -0.463. The SMILES string of the molecule is [CH]N1C(=O)C=CC1=O. The average molecular weight is 109 g/mol. The zero-order chi connectivity index (χ0) is 6.15. The van der Waals surface area contributed by atoms with Crippen LogP contribution >= 0.6 is 0 Å². The average Bonchev–Trinajstić information content (AvgIpc) is 1.98. The monoisotopic (exact) mass is 109 g/mol. The fourth-order valence-electron chi connectivity index (χ4n) is 0.412. The molecule has 40 valence electrons. The molecule has 0 aromatic carbocycles. The lowest BCUT2D eigenvalue weighted by Crippen LogP contribution is -2.21. The maximum Gasteiger partial charge on any atom is 0.254 e. The van der Waals surface area contributed by atoms with Gasteiger partial charge in [0.2, 0.25) is 0 Å². The summed E-state index contributed by atoms with van der Waals surface area (Å²) < 4.78 is 0. The summed E-state index contributed by atoms with van der Waals surface area (Å²) in [7, 11) is 4.89. The Labute approximate surface area is 46.6 Å². The van der Waals surface area contributed by atoms with Gasteiger partial charge in [-0.1, -0.05) is 0 Å². The molecule has 0 atom stereocenters. The van der Waals surface area contributed by atoms with Gasteiger partial charge in [0.25, 0.3) is 11.8 Å². The van der Waals surface area contributed by atoms with E-state index in [1.54, 1.807) is 0 Å². The first kappa shape index (κ1) is 5.03. The van der Waals surface area contributed by atoms with E-state index in [1.807, 2.05) is 0 Å². The van der Waals surface area contributed by atoms with Gasteiger partial charge in [0.1, 0.15) is 0 Å². The molecule has 2 radical (unpaired) electrons. The Balaban J connectivity index is 2.84. The van der Waals surface area contributed by atoms with E-state index in [2.05, 4.69) is 0 Å². The van der Waals surface area contributed by atoms with Gasteiger partial charge in [-0.2, -0.15) is 0 Å². The Morgan fingerprint density at radius 2 is 1.62 bits per heavy atom. The van der Waals surface area contributed by atoms with Gasteiger partial charge >= 0.3 is 0 Å². The van der Waals surface area contributed by atoms with Gasteiger partial charge in [-0.15, -0.1) is 0 Å². The minimum absolute atomic E-state index is 0.463. The maximum absolute atomic E-state index is 10.3. The largest absolute Gasteiger partial charge is 0.269 e. The number of nitrogens with zero attached hydrogens (tertiary/aromatic N) is 1. The third-order valence-corrected chi connectivity index (χ3v) is 0.843. The van der Waals surface area contributed by atoms with Crippen LogP contribution in [-0.2, 0) is 9.59 Å². The van der Waals surface area contributed by atoms with Crippen molar-refractivity contribution in [2.45, 2.75) is 0 Å². The third-order valence-electron chi connectivity index (χ3n) is 0.843. The number of amides is 2. The Morgan fingerprint density at radius 1 is 1.25 bits per heavy atom. The standard InChI is InChI=1S/C5H3NO2/c1-6-4(7)2-3-5(6)8/h1-3H. The fraction of sp³-hybridized carbons (Fsp3) is 0. The first-order chi connectivity index (χ1) is 3.72. The lowest BCUT2D eigenvalue weighted by Gasteiger charge is -2.00. The lowest BCUT2D eigenvalue weighted by molar-refractivity contribution is -0.133. The summed E-state index contributed by atoms with van der Waals surface area (Å²) in [4.78, 5) is 21.1. The number of imide groups is 1. The quantitative estimate of drug-likeness (QED) is 0.396. The molecule has 0 unspecified atom stereocenters. The lowest BCUT2D eigenvalue weighted by atomic mass is 10.6. The summed E-state index contributed by atoms with van der Waals surface area (Å²) in [6.07, 6.45) is 2.25. The van der Waals surface area contributed by atoms with E-state index < -0.39 is 11.8 Å². The number of rotatable bonds is 0. The molecular formula is C5H3NO2. The van der Waals surface area contributed by atoms with E-state index >= 15 is 0 Å². The first-order valence-corrected chi connectivity index (χ1v) is 2.02. The van der Waals surface area contributed by atoms with Crippen molar-refractivity contribution in [3.63, 3.8) is 0 Å². The molecule has 0 aromatic rings. The van der Waals surface area contributed by atoms with Crippen molar-refractivity contribution in [1.29, 1.82) is 0 Å². The number of carbonyl (C=O) groups is 2. The highest BCUT2D eigenvalue weighted by atomic mass is 16.2. The molecule has 1 aliphatic heterocycles.